The summed E-state index contributed by atoms with van der Waals surface area (Å²) in [5.74, 6) is 1.05. The van der Waals surface area contributed by atoms with Gasteiger partial charge in [-0.3, -0.25) is 4.90 Å². The largest absolute Gasteiger partial charge is 0.378 e. The van der Waals surface area contributed by atoms with Crippen LogP contribution in [0.2, 0.25) is 0 Å². The molecular formula is C11H19N3O. The highest BCUT2D eigenvalue weighted by Gasteiger charge is 2.22. The minimum Gasteiger partial charge on any atom is -0.378 e. The molecular weight excluding hydrogens is 190 g/mol. The third-order valence-corrected chi connectivity index (χ3v) is 2.88. The fourth-order valence-electron chi connectivity index (χ4n) is 2.07. The number of H-pyrrole nitrogens is 1. The van der Waals surface area contributed by atoms with Crippen molar-refractivity contribution in [3.63, 3.8) is 0 Å². The first kappa shape index (κ1) is 10.6. The van der Waals surface area contributed by atoms with Gasteiger partial charge < -0.3 is 9.72 Å². The van der Waals surface area contributed by atoms with Gasteiger partial charge in [0, 0.05) is 25.0 Å². The summed E-state index contributed by atoms with van der Waals surface area (Å²) in [4.78, 5) is 9.88. The number of nitrogens with zero attached hydrogens (tertiary/aromatic N) is 2. The summed E-state index contributed by atoms with van der Waals surface area (Å²) in [5, 5.41) is 0. The second-order valence-electron chi connectivity index (χ2n) is 4.02. The zero-order chi connectivity index (χ0) is 10.5. The molecule has 1 aliphatic rings. The first-order valence-corrected chi connectivity index (χ1v) is 5.70. The average Bonchev–Trinajstić information content (AvgIpc) is 2.74. The highest BCUT2D eigenvalue weighted by atomic mass is 16.5. The molecule has 1 aliphatic heterocycles. The molecule has 0 saturated carbocycles. The number of rotatable bonds is 4. The molecule has 2 rings (SSSR count). The molecule has 1 atom stereocenters. The predicted molar refractivity (Wildman–Crippen MR) is 58.5 cm³/mol. The maximum Gasteiger partial charge on any atom is 0.120 e. The Morgan fingerprint density at radius 2 is 2.60 bits per heavy atom. The van der Waals surface area contributed by atoms with Crippen LogP contribution in [0.1, 0.15) is 25.6 Å². The van der Waals surface area contributed by atoms with Crippen molar-refractivity contribution in [3.05, 3.63) is 18.2 Å². The number of hydrogen-bond donors (Lipinski definition) is 1. The molecule has 0 bridgehead atoms. The number of morpholine rings is 1. The van der Waals surface area contributed by atoms with Gasteiger partial charge in [-0.15, -0.1) is 0 Å². The smallest absolute Gasteiger partial charge is 0.120 e. The quantitative estimate of drug-likeness (QED) is 0.815. The van der Waals surface area contributed by atoms with E-state index < -0.39 is 0 Å². The van der Waals surface area contributed by atoms with Crippen LogP contribution in [0.5, 0.6) is 0 Å². The first-order chi connectivity index (χ1) is 7.40. The molecule has 1 aromatic heterocycles. The Morgan fingerprint density at radius 3 is 3.33 bits per heavy atom. The number of imidazole rings is 1. The molecule has 15 heavy (non-hydrogen) atoms. The van der Waals surface area contributed by atoms with Crippen LogP contribution in [0.3, 0.4) is 0 Å². The number of ether oxygens (including phenoxy) is 1. The van der Waals surface area contributed by atoms with Gasteiger partial charge in [-0.05, 0) is 6.42 Å². The van der Waals surface area contributed by atoms with Crippen LogP contribution in [-0.4, -0.2) is 40.7 Å². The van der Waals surface area contributed by atoms with Crippen LogP contribution in [0, 0.1) is 0 Å². The van der Waals surface area contributed by atoms with Crippen molar-refractivity contribution in [2.24, 2.45) is 0 Å². The average molecular weight is 209 g/mol. The molecule has 2 heterocycles. The molecule has 1 saturated heterocycles. The van der Waals surface area contributed by atoms with Crippen molar-refractivity contribution >= 4 is 0 Å². The zero-order valence-corrected chi connectivity index (χ0v) is 9.28. The van der Waals surface area contributed by atoms with Crippen LogP contribution in [-0.2, 0) is 11.3 Å². The van der Waals surface area contributed by atoms with E-state index in [0.717, 1.165) is 32.1 Å². The van der Waals surface area contributed by atoms with Gasteiger partial charge in [0.15, 0.2) is 0 Å². The lowest BCUT2D eigenvalue weighted by molar-refractivity contribution is -0.0157. The molecule has 0 aliphatic carbocycles. The number of hydrogen-bond acceptors (Lipinski definition) is 3. The predicted octanol–water partition coefficient (Wildman–Crippen LogP) is 1.41. The molecule has 0 spiro atoms. The highest BCUT2D eigenvalue weighted by Crippen LogP contribution is 2.14. The Bertz CT molecular complexity index is 271. The Kier molecular flexibility index (Phi) is 3.75. The van der Waals surface area contributed by atoms with Crippen LogP contribution < -0.4 is 0 Å². The van der Waals surface area contributed by atoms with Crippen molar-refractivity contribution < 1.29 is 4.74 Å². The normalized spacial score (nSPS) is 23.1. The monoisotopic (exact) mass is 209 g/mol. The molecule has 0 aromatic carbocycles. The Balaban J connectivity index is 1.92. The summed E-state index contributed by atoms with van der Waals surface area (Å²) >= 11 is 0. The fourth-order valence-corrected chi connectivity index (χ4v) is 2.07. The van der Waals surface area contributed by atoms with Gasteiger partial charge in [-0.2, -0.15) is 0 Å². The topological polar surface area (TPSA) is 41.1 Å². The van der Waals surface area contributed by atoms with E-state index in [2.05, 4.69) is 21.8 Å². The third kappa shape index (κ3) is 2.79. The van der Waals surface area contributed by atoms with Crippen molar-refractivity contribution in [1.29, 1.82) is 0 Å². The maximum absolute atomic E-state index is 5.51. The van der Waals surface area contributed by atoms with E-state index >= 15 is 0 Å². The Morgan fingerprint density at radius 1 is 1.67 bits per heavy atom. The highest BCUT2D eigenvalue weighted by molar-refractivity contribution is 4.89. The van der Waals surface area contributed by atoms with Gasteiger partial charge in [-0.25, -0.2) is 4.98 Å². The van der Waals surface area contributed by atoms with Gasteiger partial charge in [0.05, 0.1) is 19.8 Å². The second kappa shape index (κ2) is 5.28. The van der Waals surface area contributed by atoms with Gasteiger partial charge in [0.2, 0.25) is 0 Å². The van der Waals surface area contributed by atoms with Crippen LogP contribution in [0.4, 0.5) is 0 Å². The fraction of sp³-hybridized carbons (Fsp3) is 0.727. The van der Waals surface area contributed by atoms with Crippen molar-refractivity contribution in [3.8, 4) is 0 Å². The second-order valence-corrected chi connectivity index (χ2v) is 4.02. The van der Waals surface area contributed by atoms with Crippen molar-refractivity contribution in [2.75, 3.05) is 19.8 Å². The van der Waals surface area contributed by atoms with Crippen LogP contribution in [0.15, 0.2) is 12.4 Å². The molecule has 1 unspecified atom stereocenters. The maximum atomic E-state index is 5.51. The number of aromatic nitrogens is 2. The SMILES string of the molecule is CCCC1COCCN1Cc1ncc[nH]1. The Hall–Kier alpha value is -0.870. The number of nitrogens with one attached hydrogen (secondary N) is 1. The molecule has 1 N–H and O–H groups in total. The van der Waals surface area contributed by atoms with Crippen LogP contribution >= 0.6 is 0 Å². The summed E-state index contributed by atoms with van der Waals surface area (Å²) in [6.45, 7) is 5.88. The van der Waals surface area contributed by atoms with E-state index in [1.54, 1.807) is 0 Å². The van der Waals surface area contributed by atoms with Gasteiger partial charge >= 0.3 is 0 Å². The van der Waals surface area contributed by atoms with E-state index in [1.807, 2.05) is 12.4 Å². The molecule has 1 aromatic rings. The van der Waals surface area contributed by atoms with Gasteiger partial charge in [-0.1, -0.05) is 13.3 Å². The Labute approximate surface area is 90.6 Å². The minimum absolute atomic E-state index is 0.564. The summed E-state index contributed by atoms with van der Waals surface area (Å²) < 4.78 is 5.51. The summed E-state index contributed by atoms with van der Waals surface area (Å²) in [5.41, 5.74) is 0. The van der Waals surface area contributed by atoms with Gasteiger partial charge in [0.25, 0.3) is 0 Å². The lowest BCUT2D eigenvalue weighted by Crippen LogP contribution is -2.44. The molecule has 84 valence electrons. The number of aromatic amines is 1. The third-order valence-electron chi connectivity index (χ3n) is 2.88. The van der Waals surface area contributed by atoms with Crippen molar-refractivity contribution in [1.82, 2.24) is 14.9 Å². The molecule has 1 fully saturated rings. The molecule has 0 amide bonds. The lowest BCUT2D eigenvalue weighted by atomic mass is 10.1. The minimum atomic E-state index is 0.564. The van der Waals surface area contributed by atoms with Gasteiger partial charge in [0.1, 0.15) is 5.82 Å². The van der Waals surface area contributed by atoms with Crippen LogP contribution in [0.25, 0.3) is 0 Å². The van der Waals surface area contributed by atoms with Crippen molar-refractivity contribution in [2.45, 2.75) is 32.4 Å². The van der Waals surface area contributed by atoms with E-state index in [4.69, 9.17) is 4.74 Å². The zero-order valence-electron chi connectivity index (χ0n) is 9.28. The summed E-state index contributed by atoms with van der Waals surface area (Å²) in [6.07, 6.45) is 6.11. The summed E-state index contributed by atoms with van der Waals surface area (Å²) in [7, 11) is 0. The van der Waals surface area contributed by atoms with E-state index in [9.17, 15) is 0 Å². The molecule has 4 nitrogen and oxygen atoms in total. The molecule has 4 heteroatoms. The lowest BCUT2D eigenvalue weighted by Gasteiger charge is -2.34. The standard InChI is InChI=1S/C11H19N3O/c1-2-3-10-9-15-7-6-14(10)8-11-12-4-5-13-11/h4-5,10H,2-3,6-9H2,1H3,(H,12,13). The first-order valence-electron chi connectivity index (χ1n) is 5.70. The van der Waals surface area contributed by atoms with E-state index in [0.29, 0.717) is 6.04 Å². The molecule has 0 radical (unpaired) electrons. The van der Waals surface area contributed by atoms with E-state index in [-0.39, 0.29) is 0 Å². The van der Waals surface area contributed by atoms with E-state index in [1.165, 1.54) is 12.8 Å². The summed E-state index contributed by atoms with van der Waals surface area (Å²) in [6, 6.07) is 0.564.